The number of benzene rings is 1. The Morgan fingerprint density at radius 2 is 2.09 bits per heavy atom. The molecular formula is C19H23N2O2+. The van der Waals surface area contributed by atoms with Crippen molar-refractivity contribution >= 4 is 11.5 Å². The standard InChI is InChI=1S/C19H22N2O2/c1-15(18-8-5-13-23-18)20-19(22)14-21-11-9-17(10-12-21)16-6-3-2-4-7-16/h2-9,13,15H,10-12,14H2,1H3,(H,20,22)/p+1/t15-/m1/s1. The molecule has 2 atom stereocenters. The summed E-state index contributed by atoms with van der Waals surface area (Å²) in [5.41, 5.74) is 2.68. The molecule has 0 spiro atoms. The van der Waals surface area contributed by atoms with E-state index in [4.69, 9.17) is 4.42 Å². The Bertz CT molecular complexity index is 662. The van der Waals surface area contributed by atoms with Gasteiger partial charge in [0.05, 0.1) is 25.4 Å². The number of rotatable bonds is 5. The zero-order valence-electron chi connectivity index (χ0n) is 13.4. The van der Waals surface area contributed by atoms with Crippen LogP contribution in [0.4, 0.5) is 0 Å². The van der Waals surface area contributed by atoms with Crippen LogP contribution in [0.3, 0.4) is 0 Å². The van der Waals surface area contributed by atoms with Crippen molar-refractivity contribution < 1.29 is 14.1 Å². The van der Waals surface area contributed by atoms with E-state index in [1.807, 2.05) is 25.1 Å². The topological polar surface area (TPSA) is 46.7 Å². The predicted molar refractivity (Wildman–Crippen MR) is 89.9 cm³/mol. The first-order valence-corrected chi connectivity index (χ1v) is 8.13. The van der Waals surface area contributed by atoms with Crippen molar-refractivity contribution in [3.8, 4) is 0 Å². The summed E-state index contributed by atoms with van der Waals surface area (Å²) < 4.78 is 5.32. The Labute approximate surface area is 136 Å². The van der Waals surface area contributed by atoms with Crippen LogP contribution < -0.4 is 10.2 Å². The summed E-state index contributed by atoms with van der Waals surface area (Å²) in [4.78, 5) is 13.5. The number of amides is 1. The molecule has 3 rings (SSSR count). The number of carbonyl (C=O) groups excluding carboxylic acids is 1. The van der Waals surface area contributed by atoms with Crippen molar-refractivity contribution in [2.45, 2.75) is 19.4 Å². The first-order valence-electron chi connectivity index (χ1n) is 8.13. The molecule has 0 fully saturated rings. The molecule has 2 N–H and O–H groups in total. The van der Waals surface area contributed by atoms with Crippen LogP contribution >= 0.6 is 0 Å². The van der Waals surface area contributed by atoms with Gasteiger partial charge in [0.25, 0.3) is 5.91 Å². The van der Waals surface area contributed by atoms with Gasteiger partial charge in [-0.15, -0.1) is 0 Å². The van der Waals surface area contributed by atoms with E-state index in [0.717, 1.165) is 25.3 Å². The second-order valence-electron chi connectivity index (χ2n) is 6.03. The third-order valence-electron chi connectivity index (χ3n) is 4.29. The molecule has 1 aromatic carbocycles. The molecule has 120 valence electrons. The Kier molecular flexibility index (Phi) is 4.93. The smallest absolute Gasteiger partial charge is 0.275 e. The van der Waals surface area contributed by atoms with Gasteiger partial charge in [-0.3, -0.25) is 4.79 Å². The van der Waals surface area contributed by atoms with Gasteiger partial charge in [0, 0.05) is 6.42 Å². The SMILES string of the molecule is C[C@@H](NC(=O)C[NH+]1CC=C(c2ccccc2)CC1)c1ccco1. The van der Waals surface area contributed by atoms with E-state index < -0.39 is 0 Å². The molecule has 0 aliphatic carbocycles. The Morgan fingerprint density at radius 1 is 1.26 bits per heavy atom. The lowest BCUT2D eigenvalue weighted by atomic mass is 10.00. The average Bonchev–Trinajstić information content (AvgIpc) is 3.11. The molecule has 23 heavy (non-hydrogen) atoms. The highest BCUT2D eigenvalue weighted by molar-refractivity contribution is 5.77. The largest absolute Gasteiger partial charge is 0.467 e. The number of furan rings is 1. The minimum Gasteiger partial charge on any atom is -0.467 e. The van der Waals surface area contributed by atoms with Gasteiger partial charge in [0.15, 0.2) is 6.54 Å². The maximum absolute atomic E-state index is 12.2. The van der Waals surface area contributed by atoms with Gasteiger partial charge in [-0.1, -0.05) is 30.3 Å². The van der Waals surface area contributed by atoms with Crippen LogP contribution in [0.5, 0.6) is 0 Å². The van der Waals surface area contributed by atoms with Gasteiger partial charge in [0.1, 0.15) is 5.76 Å². The predicted octanol–water partition coefficient (Wildman–Crippen LogP) is 1.83. The Balaban J connectivity index is 1.50. The minimum absolute atomic E-state index is 0.0699. The average molecular weight is 311 g/mol. The van der Waals surface area contributed by atoms with Gasteiger partial charge in [-0.05, 0) is 36.3 Å². The second-order valence-corrected chi connectivity index (χ2v) is 6.03. The fourth-order valence-corrected chi connectivity index (χ4v) is 2.99. The lowest BCUT2D eigenvalue weighted by molar-refractivity contribution is -0.886. The quantitative estimate of drug-likeness (QED) is 0.885. The fourth-order valence-electron chi connectivity index (χ4n) is 2.99. The Hall–Kier alpha value is -2.33. The van der Waals surface area contributed by atoms with E-state index in [1.165, 1.54) is 16.0 Å². The normalized spacial score (nSPS) is 19.0. The third kappa shape index (κ3) is 4.11. The van der Waals surface area contributed by atoms with Crippen molar-refractivity contribution in [3.63, 3.8) is 0 Å². The van der Waals surface area contributed by atoms with Crippen molar-refractivity contribution in [2.75, 3.05) is 19.6 Å². The zero-order chi connectivity index (χ0) is 16.1. The molecule has 1 amide bonds. The molecule has 1 unspecified atom stereocenters. The summed E-state index contributed by atoms with van der Waals surface area (Å²) in [6, 6.07) is 14.1. The van der Waals surface area contributed by atoms with E-state index in [9.17, 15) is 4.79 Å². The maximum atomic E-state index is 12.2. The first-order chi connectivity index (χ1) is 11.2. The molecule has 0 radical (unpaired) electrons. The molecular weight excluding hydrogens is 288 g/mol. The molecule has 4 nitrogen and oxygen atoms in total. The summed E-state index contributed by atoms with van der Waals surface area (Å²) in [7, 11) is 0. The monoisotopic (exact) mass is 311 g/mol. The fraction of sp³-hybridized carbons (Fsp3) is 0.316. The first kappa shape index (κ1) is 15.6. The Morgan fingerprint density at radius 3 is 2.74 bits per heavy atom. The van der Waals surface area contributed by atoms with Gasteiger partial charge in [-0.2, -0.15) is 0 Å². The van der Waals surface area contributed by atoms with E-state index >= 15 is 0 Å². The molecule has 0 saturated carbocycles. The van der Waals surface area contributed by atoms with E-state index in [-0.39, 0.29) is 11.9 Å². The second kappa shape index (κ2) is 7.29. The zero-order valence-corrected chi connectivity index (χ0v) is 13.4. The summed E-state index contributed by atoms with van der Waals surface area (Å²) in [6.07, 6.45) is 4.90. The maximum Gasteiger partial charge on any atom is 0.275 e. The van der Waals surface area contributed by atoms with Gasteiger partial charge in [0.2, 0.25) is 0 Å². The summed E-state index contributed by atoms with van der Waals surface area (Å²) in [5.74, 6) is 0.860. The summed E-state index contributed by atoms with van der Waals surface area (Å²) >= 11 is 0. The van der Waals surface area contributed by atoms with Crippen molar-refractivity contribution in [3.05, 3.63) is 66.1 Å². The van der Waals surface area contributed by atoms with Crippen LogP contribution in [-0.4, -0.2) is 25.5 Å². The molecule has 4 heteroatoms. The summed E-state index contributed by atoms with van der Waals surface area (Å²) in [5, 5.41) is 3.00. The highest BCUT2D eigenvalue weighted by atomic mass is 16.3. The van der Waals surface area contributed by atoms with Crippen LogP contribution in [0.25, 0.3) is 5.57 Å². The lowest BCUT2D eigenvalue weighted by Crippen LogP contribution is -3.13. The van der Waals surface area contributed by atoms with E-state index in [0.29, 0.717) is 6.54 Å². The van der Waals surface area contributed by atoms with Gasteiger partial charge >= 0.3 is 0 Å². The molecule has 2 aromatic rings. The number of carbonyl (C=O) groups is 1. The number of nitrogens with one attached hydrogen (secondary N) is 2. The van der Waals surface area contributed by atoms with E-state index in [2.05, 4.69) is 35.7 Å². The van der Waals surface area contributed by atoms with Gasteiger partial charge < -0.3 is 14.6 Å². The van der Waals surface area contributed by atoms with Crippen LogP contribution in [0.2, 0.25) is 0 Å². The number of quaternary nitrogens is 1. The number of hydrogen-bond acceptors (Lipinski definition) is 2. The summed E-state index contributed by atoms with van der Waals surface area (Å²) in [6.45, 7) is 4.33. The van der Waals surface area contributed by atoms with Crippen LogP contribution in [0.1, 0.15) is 30.7 Å². The van der Waals surface area contributed by atoms with Crippen molar-refractivity contribution in [1.29, 1.82) is 0 Å². The van der Waals surface area contributed by atoms with Gasteiger partial charge in [-0.25, -0.2) is 0 Å². The third-order valence-corrected chi connectivity index (χ3v) is 4.29. The molecule has 0 saturated heterocycles. The highest BCUT2D eigenvalue weighted by Crippen LogP contribution is 2.17. The highest BCUT2D eigenvalue weighted by Gasteiger charge is 2.20. The molecule has 2 heterocycles. The molecule has 0 bridgehead atoms. The lowest BCUT2D eigenvalue weighted by Gasteiger charge is -2.24. The van der Waals surface area contributed by atoms with Crippen molar-refractivity contribution in [2.24, 2.45) is 0 Å². The van der Waals surface area contributed by atoms with Crippen LogP contribution in [0, 0.1) is 0 Å². The van der Waals surface area contributed by atoms with Crippen LogP contribution in [0.15, 0.2) is 59.2 Å². The number of hydrogen-bond donors (Lipinski definition) is 2. The van der Waals surface area contributed by atoms with E-state index in [1.54, 1.807) is 6.26 Å². The minimum atomic E-state index is -0.0860. The van der Waals surface area contributed by atoms with Crippen LogP contribution in [-0.2, 0) is 4.79 Å². The molecule has 1 aromatic heterocycles. The molecule has 1 aliphatic rings. The van der Waals surface area contributed by atoms with Crippen molar-refractivity contribution in [1.82, 2.24) is 5.32 Å². The molecule has 1 aliphatic heterocycles.